The molecule has 0 unspecified atom stereocenters. The van der Waals surface area contributed by atoms with Gasteiger partial charge in [0, 0.05) is 30.6 Å². The molecule has 0 radical (unpaired) electrons. The van der Waals surface area contributed by atoms with Crippen LogP contribution in [0.5, 0.6) is 11.5 Å². The van der Waals surface area contributed by atoms with Gasteiger partial charge < -0.3 is 14.8 Å². The van der Waals surface area contributed by atoms with Crippen LogP contribution in [0.15, 0.2) is 36.7 Å². The van der Waals surface area contributed by atoms with Crippen molar-refractivity contribution >= 4 is 0 Å². The summed E-state index contributed by atoms with van der Waals surface area (Å²) in [5.41, 5.74) is 1.13. The molecule has 0 saturated heterocycles. The number of nitrogens with zero attached hydrogens (tertiary/aromatic N) is 2. The van der Waals surface area contributed by atoms with Crippen molar-refractivity contribution in [1.29, 1.82) is 0 Å². The molecule has 0 amide bonds. The summed E-state index contributed by atoms with van der Waals surface area (Å²) in [7, 11) is 1.93. The largest absolute Gasteiger partial charge is 0.493 e. The molecule has 114 valence electrons. The van der Waals surface area contributed by atoms with Crippen molar-refractivity contribution in [1.82, 2.24) is 15.1 Å². The highest BCUT2D eigenvalue weighted by Crippen LogP contribution is 2.25. The van der Waals surface area contributed by atoms with Crippen LogP contribution in [0.2, 0.25) is 0 Å². The quantitative estimate of drug-likeness (QED) is 0.770. The smallest absolute Gasteiger partial charge is 0.127 e. The first-order valence-corrected chi connectivity index (χ1v) is 7.34. The van der Waals surface area contributed by atoms with Gasteiger partial charge >= 0.3 is 0 Å². The van der Waals surface area contributed by atoms with Crippen LogP contribution >= 0.6 is 0 Å². The number of aromatic nitrogens is 2. The third-order valence-electron chi connectivity index (χ3n) is 3.02. The van der Waals surface area contributed by atoms with Gasteiger partial charge in [-0.25, -0.2) is 0 Å². The zero-order valence-electron chi connectivity index (χ0n) is 12.7. The van der Waals surface area contributed by atoms with E-state index in [0.29, 0.717) is 6.61 Å². The highest BCUT2D eigenvalue weighted by Gasteiger charge is 2.06. The van der Waals surface area contributed by atoms with Crippen LogP contribution in [0.4, 0.5) is 0 Å². The fourth-order valence-electron chi connectivity index (χ4n) is 2.00. The van der Waals surface area contributed by atoms with Crippen molar-refractivity contribution in [2.24, 2.45) is 0 Å². The average molecular weight is 289 g/mol. The Morgan fingerprint density at radius 2 is 2.14 bits per heavy atom. The molecule has 0 fully saturated rings. The van der Waals surface area contributed by atoms with Gasteiger partial charge in [-0.2, -0.15) is 5.10 Å². The highest BCUT2D eigenvalue weighted by atomic mass is 16.5. The van der Waals surface area contributed by atoms with Gasteiger partial charge in [0.15, 0.2) is 0 Å². The zero-order valence-corrected chi connectivity index (χ0v) is 12.7. The minimum Gasteiger partial charge on any atom is -0.493 e. The molecular weight excluding hydrogens is 266 g/mol. The molecule has 1 heterocycles. The lowest BCUT2D eigenvalue weighted by Crippen LogP contribution is -2.12. The first kappa shape index (κ1) is 15.4. The second-order valence-electron chi connectivity index (χ2n) is 4.77. The Labute approximate surface area is 125 Å². The average Bonchev–Trinajstić information content (AvgIpc) is 3.01. The molecule has 1 N–H and O–H groups in total. The minimum absolute atomic E-state index is 0.579. The van der Waals surface area contributed by atoms with Crippen molar-refractivity contribution in [3.63, 3.8) is 0 Å². The number of hydrogen-bond donors (Lipinski definition) is 1. The van der Waals surface area contributed by atoms with Gasteiger partial charge in [0.2, 0.25) is 0 Å². The lowest BCUT2D eigenvalue weighted by atomic mass is 10.2. The van der Waals surface area contributed by atoms with Gasteiger partial charge in [-0.15, -0.1) is 0 Å². The highest BCUT2D eigenvalue weighted by molar-refractivity contribution is 5.40. The normalized spacial score (nSPS) is 10.6. The lowest BCUT2D eigenvalue weighted by molar-refractivity contribution is 0.282. The number of nitrogens with one attached hydrogen (secondary N) is 1. The van der Waals surface area contributed by atoms with Crippen LogP contribution in [0.1, 0.15) is 18.9 Å². The third-order valence-corrected chi connectivity index (χ3v) is 3.02. The van der Waals surface area contributed by atoms with Gasteiger partial charge in [-0.1, -0.05) is 13.0 Å². The summed E-state index contributed by atoms with van der Waals surface area (Å²) in [6.07, 6.45) is 4.69. The van der Waals surface area contributed by atoms with E-state index in [-0.39, 0.29) is 0 Å². The number of ether oxygens (including phenoxy) is 2. The Hall–Kier alpha value is -2.01. The van der Waals surface area contributed by atoms with Crippen LogP contribution in [0.3, 0.4) is 0 Å². The fourth-order valence-corrected chi connectivity index (χ4v) is 2.00. The molecular formula is C16H23N3O2. The molecule has 21 heavy (non-hydrogen) atoms. The Morgan fingerprint density at radius 3 is 2.86 bits per heavy atom. The van der Waals surface area contributed by atoms with E-state index in [1.54, 1.807) is 6.20 Å². The first-order chi connectivity index (χ1) is 10.3. The minimum atomic E-state index is 0.579. The van der Waals surface area contributed by atoms with E-state index in [1.165, 1.54) is 0 Å². The summed E-state index contributed by atoms with van der Waals surface area (Å²) < 4.78 is 13.4. The van der Waals surface area contributed by atoms with Crippen molar-refractivity contribution in [3.8, 4) is 11.5 Å². The van der Waals surface area contributed by atoms with E-state index >= 15 is 0 Å². The Morgan fingerprint density at radius 1 is 1.24 bits per heavy atom. The maximum absolute atomic E-state index is 5.90. The molecule has 1 aromatic heterocycles. The summed E-state index contributed by atoms with van der Waals surface area (Å²) in [6.45, 7) is 4.89. The van der Waals surface area contributed by atoms with E-state index < -0.39 is 0 Å². The summed E-state index contributed by atoms with van der Waals surface area (Å²) >= 11 is 0. The predicted molar refractivity (Wildman–Crippen MR) is 82.7 cm³/mol. The molecule has 1 aromatic carbocycles. The summed E-state index contributed by atoms with van der Waals surface area (Å²) in [5, 5.41) is 7.32. The Balaban J connectivity index is 1.99. The standard InChI is InChI=1S/C16H23N3O2/c1-3-10-20-15-6-5-14(13-17-2)16(12-15)21-11-9-19-8-4-7-18-19/h4-8,12,17H,3,9-11,13H2,1-2H3. The van der Waals surface area contributed by atoms with Crippen molar-refractivity contribution in [2.75, 3.05) is 20.3 Å². The zero-order chi connectivity index (χ0) is 14.9. The maximum atomic E-state index is 5.90. The van der Waals surface area contributed by atoms with Crippen molar-refractivity contribution < 1.29 is 9.47 Å². The number of benzene rings is 1. The molecule has 5 heteroatoms. The Bertz CT molecular complexity index is 526. The molecule has 2 aromatic rings. The van der Waals surface area contributed by atoms with Crippen LogP contribution < -0.4 is 14.8 Å². The molecule has 0 aliphatic carbocycles. The van der Waals surface area contributed by atoms with Gasteiger partial charge in [0.05, 0.1) is 13.2 Å². The third kappa shape index (κ3) is 4.79. The molecule has 2 rings (SSSR count). The molecule has 5 nitrogen and oxygen atoms in total. The van der Waals surface area contributed by atoms with Crippen molar-refractivity contribution in [3.05, 3.63) is 42.2 Å². The second-order valence-corrected chi connectivity index (χ2v) is 4.77. The predicted octanol–water partition coefficient (Wildman–Crippen LogP) is 2.47. The molecule has 0 saturated carbocycles. The molecule has 0 spiro atoms. The topological polar surface area (TPSA) is 48.3 Å². The SMILES string of the molecule is CCCOc1ccc(CNC)c(OCCn2cccn2)c1. The molecule has 0 aliphatic rings. The number of rotatable bonds is 9. The molecule has 0 bridgehead atoms. The van der Waals surface area contributed by atoms with Crippen LogP contribution in [-0.4, -0.2) is 30.0 Å². The van der Waals surface area contributed by atoms with Crippen LogP contribution in [0.25, 0.3) is 0 Å². The van der Waals surface area contributed by atoms with E-state index in [9.17, 15) is 0 Å². The van der Waals surface area contributed by atoms with Crippen molar-refractivity contribution in [2.45, 2.75) is 26.4 Å². The summed E-state index contributed by atoms with van der Waals surface area (Å²) in [6, 6.07) is 7.91. The van der Waals surface area contributed by atoms with E-state index in [4.69, 9.17) is 9.47 Å². The maximum Gasteiger partial charge on any atom is 0.127 e. The lowest BCUT2D eigenvalue weighted by Gasteiger charge is -2.14. The van der Waals surface area contributed by atoms with E-state index in [1.807, 2.05) is 42.2 Å². The van der Waals surface area contributed by atoms with E-state index in [2.05, 4.69) is 17.3 Å². The monoisotopic (exact) mass is 289 g/mol. The fraction of sp³-hybridized carbons (Fsp3) is 0.438. The van der Waals surface area contributed by atoms with Gasteiger partial charge in [-0.05, 0) is 25.6 Å². The summed E-state index contributed by atoms with van der Waals surface area (Å²) in [5.74, 6) is 1.72. The van der Waals surface area contributed by atoms with E-state index in [0.717, 1.165) is 43.2 Å². The molecule has 0 atom stereocenters. The van der Waals surface area contributed by atoms with Gasteiger partial charge in [0.1, 0.15) is 18.1 Å². The number of hydrogen-bond acceptors (Lipinski definition) is 4. The Kier molecular flexibility index (Phi) is 6.09. The summed E-state index contributed by atoms with van der Waals surface area (Å²) in [4.78, 5) is 0. The first-order valence-electron chi connectivity index (χ1n) is 7.34. The van der Waals surface area contributed by atoms with Gasteiger partial charge in [-0.3, -0.25) is 4.68 Å². The van der Waals surface area contributed by atoms with Crippen LogP contribution in [0, 0.1) is 0 Å². The van der Waals surface area contributed by atoms with Gasteiger partial charge in [0.25, 0.3) is 0 Å². The second kappa shape index (κ2) is 8.32. The van der Waals surface area contributed by atoms with Crippen LogP contribution in [-0.2, 0) is 13.1 Å². The molecule has 0 aliphatic heterocycles.